The average Bonchev–Trinajstić information content (AvgIpc) is 3.03. The second kappa shape index (κ2) is 6.87. The SMILES string of the molecule is CC(C)n1nccc1C1=C(COc2cccc(O)c2)CCOC1. The van der Waals surface area contributed by atoms with E-state index in [9.17, 15) is 5.11 Å². The zero-order valence-electron chi connectivity index (χ0n) is 13.5. The Morgan fingerprint density at radius 1 is 1.35 bits per heavy atom. The van der Waals surface area contributed by atoms with Crippen LogP contribution in [0.5, 0.6) is 11.5 Å². The van der Waals surface area contributed by atoms with Crippen LogP contribution in [0.4, 0.5) is 0 Å². The molecule has 3 rings (SSSR count). The predicted octanol–water partition coefficient (Wildman–Crippen LogP) is 3.42. The highest BCUT2D eigenvalue weighted by molar-refractivity contribution is 5.68. The molecule has 1 N–H and O–H groups in total. The van der Waals surface area contributed by atoms with Crippen LogP contribution in [-0.2, 0) is 4.74 Å². The summed E-state index contributed by atoms with van der Waals surface area (Å²) in [6, 6.07) is 9.20. The van der Waals surface area contributed by atoms with Crippen LogP contribution in [-0.4, -0.2) is 34.7 Å². The van der Waals surface area contributed by atoms with Crippen molar-refractivity contribution in [2.75, 3.05) is 19.8 Å². The standard InChI is InChI=1S/C18H22N2O3/c1-13(2)20-18(6-8-19-20)17-12-22-9-7-14(17)11-23-16-5-3-4-15(21)10-16/h3-6,8,10,13,21H,7,9,11-12H2,1-2H3. The first-order chi connectivity index (χ1) is 11.1. The first-order valence-electron chi connectivity index (χ1n) is 7.89. The zero-order chi connectivity index (χ0) is 16.2. The summed E-state index contributed by atoms with van der Waals surface area (Å²) in [5, 5.41) is 13.9. The van der Waals surface area contributed by atoms with Gasteiger partial charge in [-0.25, -0.2) is 0 Å². The highest BCUT2D eigenvalue weighted by Crippen LogP contribution is 2.28. The lowest BCUT2D eigenvalue weighted by Crippen LogP contribution is -2.18. The Morgan fingerprint density at radius 3 is 3.00 bits per heavy atom. The van der Waals surface area contributed by atoms with Crippen molar-refractivity contribution >= 4 is 5.57 Å². The van der Waals surface area contributed by atoms with Crippen LogP contribution in [0.2, 0.25) is 0 Å². The summed E-state index contributed by atoms with van der Waals surface area (Å²) in [4.78, 5) is 0. The summed E-state index contributed by atoms with van der Waals surface area (Å²) in [6.07, 6.45) is 2.67. The van der Waals surface area contributed by atoms with E-state index in [1.54, 1.807) is 18.2 Å². The summed E-state index contributed by atoms with van der Waals surface area (Å²) >= 11 is 0. The maximum absolute atomic E-state index is 9.53. The fraction of sp³-hybridized carbons (Fsp3) is 0.389. The van der Waals surface area contributed by atoms with Crippen molar-refractivity contribution in [3.05, 3.63) is 47.8 Å². The van der Waals surface area contributed by atoms with Gasteiger partial charge < -0.3 is 14.6 Å². The Balaban J connectivity index is 1.84. The van der Waals surface area contributed by atoms with Gasteiger partial charge in [0.15, 0.2) is 0 Å². The second-order valence-corrected chi connectivity index (χ2v) is 5.93. The van der Waals surface area contributed by atoms with Gasteiger partial charge in [-0.1, -0.05) is 6.07 Å². The van der Waals surface area contributed by atoms with Crippen LogP contribution in [0.15, 0.2) is 42.1 Å². The monoisotopic (exact) mass is 314 g/mol. The van der Waals surface area contributed by atoms with E-state index in [2.05, 4.69) is 18.9 Å². The van der Waals surface area contributed by atoms with Gasteiger partial charge in [-0.2, -0.15) is 5.10 Å². The van der Waals surface area contributed by atoms with Crippen molar-refractivity contribution in [1.29, 1.82) is 0 Å². The number of hydrogen-bond donors (Lipinski definition) is 1. The van der Waals surface area contributed by atoms with Crippen LogP contribution in [0.1, 0.15) is 32.0 Å². The third kappa shape index (κ3) is 3.56. The molecule has 5 nitrogen and oxygen atoms in total. The smallest absolute Gasteiger partial charge is 0.123 e. The van der Waals surface area contributed by atoms with Gasteiger partial charge >= 0.3 is 0 Å². The maximum Gasteiger partial charge on any atom is 0.123 e. The van der Waals surface area contributed by atoms with Crippen LogP contribution >= 0.6 is 0 Å². The van der Waals surface area contributed by atoms with Crippen molar-refractivity contribution < 1.29 is 14.6 Å². The van der Waals surface area contributed by atoms with Gasteiger partial charge in [-0.15, -0.1) is 0 Å². The molecular weight excluding hydrogens is 292 g/mol. The van der Waals surface area contributed by atoms with Gasteiger partial charge in [0.25, 0.3) is 0 Å². The highest BCUT2D eigenvalue weighted by Gasteiger charge is 2.19. The molecule has 2 aromatic rings. The number of aromatic hydroxyl groups is 1. The molecule has 0 radical (unpaired) electrons. The van der Waals surface area contributed by atoms with Crippen molar-refractivity contribution in [2.45, 2.75) is 26.3 Å². The molecule has 0 amide bonds. The molecule has 1 aromatic heterocycles. The fourth-order valence-corrected chi connectivity index (χ4v) is 2.75. The quantitative estimate of drug-likeness (QED) is 0.918. The molecule has 23 heavy (non-hydrogen) atoms. The molecule has 0 fully saturated rings. The number of rotatable bonds is 5. The van der Waals surface area contributed by atoms with Crippen molar-refractivity contribution in [3.63, 3.8) is 0 Å². The molecule has 1 aromatic carbocycles. The fourth-order valence-electron chi connectivity index (χ4n) is 2.75. The lowest BCUT2D eigenvalue weighted by Gasteiger charge is -2.23. The summed E-state index contributed by atoms with van der Waals surface area (Å²) in [7, 11) is 0. The molecule has 0 aliphatic carbocycles. The average molecular weight is 314 g/mol. The highest BCUT2D eigenvalue weighted by atomic mass is 16.5. The summed E-state index contributed by atoms with van der Waals surface area (Å²) in [5.74, 6) is 0.877. The van der Waals surface area contributed by atoms with Crippen molar-refractivity contribution in [3.8, 4) is 11.5 Å². The number of nitrogens with zero attached hydrogens (tertiary/aromatic N) is 2. The van der Waals surface area contributed by atoms with Gasteiger partial charge in [-0.05, 0) is 44.0 Å². The van der Waals surface area contributed by atoms with Gasteiger partial charge in [0.05, 0.1) is 18.9 Å². The molecule has 1 aliphatic rings. The number of hydrogen-bond acceptors (Lipinski definition) is 4. The summed E-state index contributed by atoms with van der Waals surface area (Å²) in [5.41, 5.74) is 3.47. The lowest BCUT2D eigenvalue weighted by molar-refractivity contribution is 0.155. The number of ether oxygens (including phenoxy) is 2. The number of phenolic OH excluding ortho intramolecular Hbond substituents is 1. The third-order valence-corrected chi connectivity index (χ3v) is 3.92. The molecule has 1 aliphatic heterocycles. The van der Waals surface area contributed by atoms with E-state index in [-0.39, 0.29) is 5.75 Å². The van der Waals surface area contributed by atoms with Crippen LogP contribution in [0, 0.1) is 0 Å². The topological polar surface area (TPSA) is 56.5 Å². The summed E-state index contributed by atoms with van der Waals surface area (Å²) < 4.78 is 13.5. The molecular formula is C18H22N2O3. The molecule has 0 spiro atoms. The Morgan fingerprint density at radius 2 is 2.22 bits per heavy atom. The Hall–Kier alpha value is -2.27. The van der Waals surface area contributed by atoms with E-state index < -0.39 is 0 Å². The van der Waals surface area contributed by atoms with E-state index in [1.165, 1.54) is 5.57 Å². The summed E-state index contributed by atoms with van der Waals surface area (Å²) in [6.45, 7) is 6.01. The molecule has 5 heteroatoms. The number of benzene rings is 1. The molecule has 0 bridgehead atoms. The molecule has 0 saturated carbocycles. The number of phenols is 1. The minimum absolute atomic E-state index is 0.210. The van der Waals surface area contributed by atoms with E-state index in [0.29, 0.717) is 31.6 Å². The first kappa shape index (κ1) is 15.6. The molecule has 0 unspecified atom stereocenters. The van der Waals surface area contributed by atoms with Crippen molar-refractivity contribution in [1.82, 2.24) is 9.78 Å². The molecule has 0 saturated heterocycles. The third-order valence-electron chi connectivity index (χ3n) is 3.92. The van der Waals surface area contributed by atoms with Crippen LogP contribution in [0.3, 0.4) is 0 Å². The van der Waals surface area contributed by atoms with Gasteiger partial charge in [0, 0.05) is 23.9 Å². The molecule has 2 heterocycles. The normalized spacial score (nSPS) is 15.3. The lowest BCUT2D eigenvalue weighted by atomic mass is 10.0. The van der Waals surface area contributed by atoms with Gasteiger partial charge in [0.2, 0.25) is 0 Å². The molecule has 122 valence electrons. The Bertz CT molecular complexity index is 704. The second-order valence-electron chi connectivity index (χ2n) is 5.93. The zero-order valence-corrected chi connectivity index (χ0v) is 13.5. The van der Waals surface area contributed by atoms with E-state index >= 15 is 0 Å². The minimum atomic E-state index is 0.210. The van der Waals surface area contributed by atoms with E-state index in [1.807, 2.05) is 23.0 Å². The molecule has 0 atom stereocenters. The van der Waals surface area contributed by atoms with Gasteiger partial charge in [0.1, 0.15) is 18.1 Å². The predicted molar refractivity (Wildman–Crippen MR) is 88.6 cm³/mol. The van der Waals surface area contributed by atoms with Crippen LogP contribution in [0.25, 0.3) is 5.57 Å². The Kier molecular flexibility index (Phi) is 4.67. The first-order valence-corrected chi connectivity index (χ1v) is 7.89. The van der Waals surface area contributed by atoms with Crippen molar-refractivity contribution in [2.24, 2.45) is 0 Å². The van der Waals surface area contributed by atoms with E-state index in [0.717, 1.165) is 17.7 Å². The largest absolute Gasteiger partial charge is 0.508 e. The van der Waals surface area contributed by atoms with E-state index in [4.69, 9.17) is 9.47 Å². The maximum atomic E-state index is 9.53. The van der Waals surface area contributed by atoms with Gasteiger partial charge in [-0.3, -0.25) is 4.68 Å². The number of aromatic nitrogens is 2. The Labute approximate surface area is 136 Å². The van der Waals surface area contributed by atoms with Crippen LogP contribution < -0.4 is 4.74 Å². The minimum Gasteiger partial charge on any atom is -0.508 e.